The van der Waals surface area contributed by atoms with Crippen molar-refractivity contribution in [3.05, 3.63) is 76.5 Å². The van der Waals surface area contributed by atoms with Crippen LogP contribution >= 0.6 is 11.6 Å². The third-order valence-corrected chi connectivity index (χ3v) is 4.36. The molecule has 3 aromatic rings. The van der Waals surface area contributed by atoms with E-state index in [2.05, 4.69) is 10.5 Å². The molecular formula is C20H19ClN2O3. The highest BCUT2D eigenvalue weighted by Gasteiger charge is 2.23. The Bertz CT molecular complexity index is 893. The van der Waals surface area contributed by atoms with Gasteiger partial charge in [0.1, 0.15) is 17.0 Å². The summed E-state index contributed by atoms with van der Waals surface area (Å²) in [5, 5.41) is 17.4. The number of rotatable bonds is 6. The molecule has 0 aliphatic carbocycles. The maximum atomic E-state index is 12.6. The minimum absolute atomic E-state index is 0.125. The summed E-state index contributed by atoms with van der Waals surface area (Å²) >= 11 is 6.21. The first kappa shape index (κ1) is 18.2. The van der Waals surface area contributed by atoms with Crippen LogP contribution in [0.2, 0.25) is 5.02 Å². The zero-order chi connectivity index (χ0) is 18.5. The Morgan fingerprint density at radius 1 is 1.19 bits per heavy atom. The van der Waals surface area contributed by atoms with E-state index in [1.54, 1.807) is 25.1 Å². The number of hydrogen-bond donors (Lipinski definition) is 2. The smallest absolute Gasteiger partial charge is 0.257 e. The van der Waals surface area contributed by atoms with Crippen molar-refractivity contribution in [1.29, 1.82) is 0 Å². The zero-order valence-electron chi connectivity index (χ0n) is 14.3. The van der Waals surface area contributed by atoms with Crippen molar-refractivity contribution in [2.45, 2.75) is 19.4 Å². The van der Waals surface area contributed by atoms with Gasteiger partial charge in [0.2, 0.25) is 0 Å². The van der Waals surface area contributed by atoms with Crippen molar-refractivity contribution in [3.8, 4) is 11.3 Å². The van der Waals surface area contributed by atoms with Crippen molar-refractivity contribution < 1.29 is 14.4 Å². The third-order valence-electron chi connectivity index (χ3n) is 4.03. The molecule has 0 bridgehead atoms. The number of aromatic nitrogens is 1. The van der Waals surface area contributed by atoms with Crippen molar-refractivity contribution in [3.63, 3.8) is 0 Å². The van der Waals surface area contributed by atoms with E-state index < -0.39 is 6.10 Å². The van der Waals surface area contributed by atoms with E-state index in [-0.39, 0.29) is 12.5 Å². The van der Waals surface area contributed by atoms with E-state index in [0.717, 1.165) is 5.56 Å². The van der Waals surface area contributed by atoms with Crippen LogP contribution in [-0.2, 0) is 6.42 Å². The van der Waals surface area contributed by atoms with Crippen LogP contribution < -0.4 is 5.32 Å². The van der Waals surface area contributed by atoms with Gasteiger partial charge in [-0.05, 0) is 18.6 Å². The molecule has 1 atom stereocenters. The molecule has 5 nitrogen and oxygen atoms in total. The Kier molecular flexibility index (Phi) is 5.71. The normalized spacial score (nSPS) is 12.0. The number of nitrogens with zero attached hydrogens (tertiary/aromatic N) is 1. The number of carbonyl (C=O) groups excluding carboxylic acids is 1. The van der Waals surface area contributed by atoms with Crippen molar-refractivity contribution in [2.75, 3.05) is 6.54 Å². The first-order chi connectivity index (χ1) is 12.6. The van der Waals surface area contributed by atoms with E-state index in [0.29, 0.717) is 34.0 Å². The van der Waals surface area contributed by atoms with Crippen LogP contribution in [0.1, 0.15) is 21.7 Å². The standard InChI is InChI=1S/C20H19ClN2O3/c1-13-18(19(23-26-13)16-9-5-6-10-17(16)21)20(25)22-12-15(24)11-14-7-3-2-4-8-14/h2-10,15,24H,11-12H2,1H3,(H,22,25). The maximum absolute atomic E-state index is 12.6. The molecule has 1 amide bonds. The van der Waals surface area contributed by atoms with Crippen molar-refractivity contribution in [2.24, 2.45) is 0 Å². The van der Waals surface area contributed by atoms with E-state index >= 15 is 0 Å². The van der Waals surface area contributed by atoms with Gasteiger partial charge in [-0.15, -0.1) is 0 Å². The molecule has 0 fully saturated rings. The summed E-state index contributed by atoms with van der Waals surface area (Å²) < 4.78 is 5.20. The van der Waals surface area contributed by atoms with Gasteiger partial charge in [-0.25, -0.2) is 0 Å². The molecule has 1 unspecified atom stereocenters. The molecule has 0 saturated heterocycles. The number of nitrogens with one attached hydrogen (secondary N) is 1. The highest BCUT2D eigenvalue weighted by atomic mass is 35.5. The van der Waals surface area contributed by atoms with Crippen LogP contribution in [0.15, 0.2) is 59.1 Å². The Morgan fingerprint density at radius 3 is 2.62 bits per heavy atom. The first-order valence-corrected chi connectivity index (χ1v) is 8.65. The lowest BCUT2D eigenvalue weighted by molar-refractivity contribution is 0.0915. The van der Waals surface area contributed by atoms with Crippen LogP contribution in [-0.4, -0.2) is 28.8 Å². The summed E-state index contributed by atoms with van der Waals surface area (Å²) in [6.07, 6.45) is -0.230. The van der Waals surface area contributed by atoms with E-state index in [9.17, 15) is 9.90 Å². The second-order valence-corrected chi connectivity index (χ2v) is 6.40. The Labute approximate surface area is 156 Å². The number of aryl methyl sites for hydroxylation is 1. The average molecular weight is 371 g/mol. The van der Waals surface area contributed by atoms with Crippen LogP contribution in [0.5, 0.6) is 0 Å². The fourth-order valence-electron chi connectivity index (χ4n) is 2.73. The molecule has 0 radical (unpaired) electrons. The Hall–Kier alpha value is -2.63. The van der Waals surface area contributed by atoms with Gasteiger partial charge >= 0.3 is 0 Å². The molecule has 1 heterocycles. The molecule has 6 heteroatoms. The van der Waals surface area contributed by atoms with E-state index in [1.807, 2.05) is 36.4 Å². The van der Waals surface area contributed by atoms with E-state index in [4.69, 9.17) is 16.1 Å². The predicted molar refractivity (Wildman–Crippen MR) is 100 cm³/mol. The topological polar surface area (TPSA) is 75.4 Å². The Balaban J connectivity index is 1.71. The predicted octanol–water partition coefficient (Wildman–Crippen LogP) is 3.64. The van der Waals surface area contributed by atoms with Crippen LogP contribution in [0.25, 0.3) is 11.3 Å². The molecular weight excluding hydrogens is 352 g/mol. The molecule has 0 saturated carbocycles. The van der Waals surface area contributed by atoms with Gasteiger partial charge in [0, 0.05) is 18.5 Å². The van der Waals surface area contributed by atoms with Crippen LogP contribution in [0.4, 0.5) is 0 Å². The van der Waals surface area contributed by atoms with Gasteiger partial charge in [0.25, 0.3) is 5.91 Å². The average Bonchev–Trinajstić information content (AvgIpc) is 3.02. The van der Waals surface area contributed by atoms with E-state index in [1.165, 1.54) is 0 Å². The quantitative estimate of drug-likeness (QED) is 0.694. The molecule has 0 aliphatic rings. The number of aliphatic hydroxyl groups is 1. The molecule has 2 N–H and O–H groups in total. The summed E-state index contributed by atoms with van der Waals surface area (Å²) in [5.74, 6) is 0.0424. The molecule has 0 spiro atoms. The zero-order valence-corrected chi connectivity index (χ0v) is 15.0. The van der Waals surface area contributed by atoms with Gasteiger partial charge in [0.15, 0.2) is 0 Å². The highest BCUT2D eigenvalue weighted by molar-refractivity contribution is 6.33. The molecule has 26 heavy (non-hydrogen) atoms. The molecule has 1 aromatic heterocycles. The minimum Gasteiger partial charge on any atom is -0.391 e. The van der Waals surface area contributed by atoms with Crippen molar-refractivity contribution >= 4 is 17.5 Å². The second-order valence-electron chi connectivity index (χ2n) is 6.00. The fraction of sp³-hybridized carbons (Fsp3) is 0.200. The maximum Gasteiger partial charge on any atom is 0.257 e. The fourth-order valence-corrected chi connectivity index (χ4v) is 2.96. The second kappa shape index (κ2) is 8.17. The number of benzene rings is 2. The summed E-state index contributed by atoms with van der Waals surface area (Å²) in [5.41, 5.74) is 2.35. The molecule has 134 valence electrons. The van der Waals surface area contributed by atoms with Gasteiger partial charge in [-0.1, -0.05) is 65.3 Å². The Morgan fingerprint density at radius 2 is 1.88 bits per heavy atom. The van der Waals surface area contributed by atoms with Gasteiger partial charge in [0.05, 0.1) is 11.1 Å². The lowest BCUT2D eigenvalue weighted by Gasteiger charge is -2.12. The van der Waals surface area contributed by atoms with Crippen LogP contribution in [0, 0.1) is 6.92 Å². The van der Waals surface area contributed by atoms with Gasteiger partial charge in [-0.2, -0.15) is 0 Å². The lowest BCUT2D eigenvalue weighted by Crippen LogP contribution is -2.33. The molecule has 3 rings (SSSR count). The number of halogens is 1. The molecule has 0 aliphatic heterocycles. The summed E-state index contributed by atoms with van der Waals surface area (Å²) in [6, 6.07) is 16.7. The lowest BCUT2D eigenvalue weighted by atomic mass is 10.0. The van der Waals surface area contributed by atoms with Gasteiger partial charge in [-0.3, -0.25) is 4.79 Å². The van der Waals surface area contributed by atoms with Crippen LogP contribution in [0.3, 0.4) is 0 Å². The SMILES string of the molecule is Cc1onc(-c2ccccc2Cl)c1C(=O)NCC(O)Cc1ccccc1. The first-order valence-electron chi connectivity index (χ1n) is 8.27. The molecule has 2 aromatic carbocycles. The number of hydrogen-bond acceptors (Lipinski definition) is 4. The summed E-state index contributed by atoms with van der Waals surface area (Å²) in [7, 11) is 0. The van der Waals surface area contributed by atoms with Gasteiger partial charge < -0.3 is 14.9 Å². The minimum atomic E-state index is -0.690. The van der Waals surface area contributed by atoms with Crippen molar-refractivity contribution in [1.82, 2.24) is 10.5 Å². The summed E-state index contributed by atoms with van der Waals surface area (Å²) in [6.45, 7) is 1.79. The third kappa shape index (κ3) is 4.12. The monoisotopic (exact) mass is 370 g/mol. The number of aliphatic hydroxyl groups excluding tert-OH is 1. The number of amides is 1. The largest absolute Gasteiger partial charge is 0.391 e. The number of carbonyl (C=O) groups is 1. The summed E-state index contributed by atoms with van der Waals surface area (Å²) in [4.78, 5) is 12.6. The highest BCUT2D eigenvalue weighted by Crippen LogP contribution is 2.30.